The smallest absolute Gasteiger partial charge is 0.100 e. The van der Waals surface area contributed by atoms with Crippen LogP contribution in [0.15, 0.2) is 22.0 Å². The Labute approximate surface area is 95.1 Å². The molecule has 0 aliphatic rings. The molecule has 0 aliphatic carbocycles. The van der Waals surface area contributed by atoms with Gasteiger partial charge in [0.05, 0.1) is 5.56 Å². The first-order valence-electron chi connectivity index (χ1n) is 4.36. The molecule has 1 heterocycles. The second-order valence-corrected chi connectivity index (χ2v) is 4.73. The van der Waals surface area contributed by atoms with Crippen molar-refractivity contribution in [1.82, 2.24) is 0 Å². The predicted octanol–water partition coefficient (Wildman–Crippen LogP) is 4.10. The van der Waals surface area contributed by atoms with Crippen molar-refractivity contribution in [1.29, 1.82) is 5.26 Å². The lowest BCUT2D eigenvalue weighted by atomic mass is 10.1. The van der Waals surface area contributed by atoms with Gasteiger partial charge in [-0.05, 0) is 45.4 Å². The maximum absolute atomic E-state index is 8.90. The molecular weight excluding hydrogens is 258 g/mol. The van der Waals surface area contributed by atoms with Gasteiger partial charge in [0.1, 0.15) is 6.07 Å². The van der Waals surface area contributed by atoms with Gasteiger partial charge < -0.3 is 0 Å². The molecule has 0 amide bonds. The second kappa shape index (κ2) is 3.72. The lowest BCUT2D eigenvalue weighted by Gasteiger charge is -1.99. The van der Waals surface area contributed by atoms with Gasteiger partial charge in [0.25, 0.3) is 0 Å². The van der Waals surface area contributed by atoms with E-state index < -0.39 is 0 Å². The number of hydrogen-bond donors (Lipinski definition) is 0. The molecule has 0 saturated heterocycles. The van der Waals surface area contributed by atoms with Gasteiger partial charge in [-0.2, -0.15) is 5.26 Å². The van der Waals surface area contributed by atoms with Gasteiger partial charge in [-0.15, -0.1) is 11.3 Å². The summed E-state index contributed by atoms with van der Waals surface area (Å²) in [6.07, 6.45) is 1.01. The minimum absolute atomic E-state index is 0.714. The lowest BCUT2D eigenvalue weighted by molar-refractivity contribution is 1.17. The molecule has 0 atom stereocenters. The van der Waals surface area contributed by atoms with Crippen LogP contribution in [-0.2, 0) is 6.42 Å². The number of halogens is 1. The van der Waals surface area contributed by atoms with Crippen molar-refractivity contribution < 1.29 is 0 Å². The van der Waals surface area contributed by atoms with Crippen molar-refractivity contribution in [3.8, 4) is 6.07 Å². The Morgan fingerprint density at radius 1 is 1.50 bits per heavy atom. The highest BCUT2D eigenvalue weighted by Crippen LogP contribution is 2.34. The maximum atomic E-state index is 8.90. The van der Waals surface area contributed by atoms with Gasteiger partial charge in [0.15, 0.2) is 0 Å². The number of aryl methyl sites for hydroxylation is 1. The molecular formula is C11H8BrNS. The fourth-order valence-corrected chi connectivity index (χ4v) is 3.37. The molecule has 70 valence electrons. The number of benzene rings is 1. The maximum Gasteiger partial charge on any atom is 0.100 e. The van der Waals surface area contributed by atoms with Gasteiger partial charge in [-0.3, -0.25) is 0 Å². The SMILES string of the molecule is CCc1csc2ccc(C#N)c(Br)c12. The third-order valence-corrected chi connectivity index (χ3v) is 4.07. The third kappa shape index (κ3) is 1.35. The minimum atomic E-state index is 0.714. The van der Waals surface area contributed by atoms with Gasteiger partial charge in [0, 0.05) is 14.6 Å². The highest BCUT2D eigenvalue weighted by Gasteiger charge is 2.09. The molecule has 14 heavy (non-hydrogen) atoms. The summed E-state index contributed by atoms with van der Waals surface area (Å²) in [7, 11) is 0. The standard InChI is InChI=1S/C11H8BrNS/c1-2-7-6-14-9-4-3-8(5-13)11(12)10(7)9/h3-4,6H,2H2,1H3. The molecule has 0 radical (unpaired) electrons. The normalized spacial score (nSPS) is 10.4. The van der Waals surface area contributed by atoms with Crippen LogP contribution in [0.25, 0.3) is 10.1 Å². The molecule has 0 saturated carbocycles. The summed E-state index contributed by atoms with van der Waals surface area (Å²) in [4.78, 5) is 0. The van der Waals surface area contributed by atoms with Crippen LogP contribution in [-0.4, -0.2) is 0 Å². The van der Waals surface area contributed by atoms with Crippen molar-refractivity contribution in [3.63, 3.8) is 0 Å². The minimum Gasteiger partial charge on any atom is -0.192 e. The number of nitriles is 1. The zero-order valence-electron chi connectivity index (χ0n) is 7.67. The van der Waals surface area contributed by atoms with Gasteiger partial charge >= 0.3 is 0 Å². The van der Waals surface area contributed by atoms with Gasteiger partial charge in [-0.25, -0.2) is 0 Å². The lowest BCUT2D eigenvalue weighted by Crippen LogP contribution is -1.81. The Hall–Kier alpha value is -0.850. The number of rotatable bonds is 1. The molecule has 3 heteroatoms. The molecule has 0 spiro atoms. The highest BCUT2D eigenvalue weighted by molar-refractivity contribution is 9.10. The van der Waals surface area contributed by atoms with Crippen LogP contribution >= 0.6 is 27.3 Å². The first-order chi connectivity index (χ1) is 6.77. The van der Waals surface area contributed by atoms with Crippen LogP contribution in [0.4, 0.5) is 0 Å². The topological polar surface area (TPSA) is 23.8 Å². The number of fused-ring (bicyclic) bond motifs is 1. The van der Waals surface area contributed by atoms with E-state index in [1.165, 1.54) is 15.6 Å². The summed E-state index contributed by atoms with van der Waals surface area (Å²) in [6, 6.07) is 6.07. The fourth-order valence-electron chi connectivity index (χ4n) is 1.50. The number of nitrogens with zero attached hydrogens (tertiary/aromatic N) is 1. The average Bonchev–Trinajstić information content (AvgIpc) is 2.62. The van der Waals surface area contributed by atoms with E-state index in [0.29, 0.717) is 5.56 Å². The van der Waals surface area contributed by atoms with Crippen molar-refractivity contribution in [2.75, 3.05) is 0 Å². The molecule has 1 nitrogen and oxygen atoms in total. The van der Waals surface area contributed by atoms with E-state index in [4.69, 9.17) is 5.26 Å². The van der Waals surface area contributed by atoms with E-state index in [1.807, 2.05) is 12.1 Å². The molecule has 2 rings (SSSR count). The van der Waals surface area contributed by atoms with Crippen LogP contribution in [0.3, 0.4) is 0 Å². The van der Waals surface area contributed by atoms with E-state index in [1.54, 1.807) is 11.3 Å². The summed E-state index contributed by atoms with van der Waals surface area (Å²) >= 11 is 5.23. The van der Waals surface area contributed by atoms with Crippen LogP contribution in [0, 0.1) is 11.3 Å². The van der Waals surface area contributed by atoms with Crippen LogP contribution in [0.2, 0.25) is 0 Å². The highest BCUT2D eigenvalue weighted by atomic mass is 79.9. The summed E-state index contributed by atoms with van der Waals surface area (Å²) in [5.41, 5.74) is 2.03. The molecule has 1 aromatic heterocycles. The Balaban J connectivity index is 2.85. The Kier molecular flexibility index (Phi) is 2.58. The molecule has 1 aromatic carbocycles. The molecule has 0 N–H and O–H groups in total. The Morgan fingerprint density at radius 2 is 2.29 bits per heavy atom. The second-order valence-electron chi connectivity index (χ2n) is 3.03. The summed E-state index contributed by atoms with van der Waals surface area (Å²) in [6.45, 7) is 2.13. The van der Waals surface area contributed by atoms with Crippen molar-refractivity contribution in [2.45, 2.75) is 13.3 Å². The van der Waals surface area contributed by atoms with Gasteiger partial charge in [-0.1, -0.05) is 6.92 Å². The number of hydrogen-bond acceptors (Lipinski definition) is 2. The quantitative estimate of drug-likeness (QED) is 0.762. The van der Waals surface area contributed by atoms with Crippen molar-refractivity contribution >= 4 is 37.4 Å². The van der Waals surface area contributed by atoms with E-state index in [0.717, 1.165) is 10.9 Å². The van der Waals surface area contributed by atoms with E-state index in [9.17, 15) is 0 Å². The van der Waals surface area contributed by atoms with Crippen LogP contribution < -0.4 is 0 Å². The first kappa shape index (κ1) is 9.70. The van der Waals surface area contributed by atoms with E-state index in [2.05, 4.69) is 34.3 Å². The zero-order chi connectivity index (χ0) is 10.1. The molecule has 0 unspecified atom stereocenters. The largest absolute Gasteiger partial charge is 0.192 e. The summed E-state index contributed by atoms with van der Waals surface area (Å²) < 4.78 is 2.18. The van der Waals surface area contributed by atoms with Crippen molar-refractivity contribution in [2.24, 2.45) is 0 Å². The zero-order valence-corrected chi connectivity index (χ0v) is 10.1. The van der Waals surface area contributed by atoms with Crippen LogP contribution in [0.5, 0.6) is 0 Å². The molecule has 2 aromatic rings. The molecule has 0 bridgehead atoms. The summed E-state index contributed by atoms with van der Waals surface area (Å²) in [5, 5.41) is 12.3. The van der Waals surface area contributed by atoms with E-state index >= 15 is 0 Å². The Bertz CT molecular complexity index is 522. The molecule has 0 fully saturated rings. The third-order valence-electron chi connectivity index (χ3n) is 2.25. The Morgan fingerprint density at radius 3 is 2.93 bits per heavy atom. The van der Waals surface area contributed by atoms with Gasteiger partial charge in [0.2, 0.25) is 0 Å². The average molecular weight is 266 g/mol. The van der Waals surface area contributed by atoms with E-state index in [-0.39, 0.29) is 0 Å². The fraction of sp³-hybridized carbons (Fsp3) is 0.182. The summed E-state index contributed by atoms with van der Waals surface area (Å²) in [5.74, 6) is 0. The molecule has 0 aliphatic heterocycles. The van der Waals surface area contributed by atoms with Crippen molar-refractivity contribution in [3.05, 3.63) is 33.1 Å². The predicted molar refractivity (Wildman–Crippen MR) is 63.6 cm³/mol. The number of thiophene rings is 1. The first-order valence-corrected chi connectivity index (χ1v) is 6.04. The van der Waals surface area contributed by atoms with Crippen LogP contribution in [0.1, 0.15) is 18.1 Å². The monoisotopic (exact) mass is 265 g/mol.